The molecule has 4 nitrogen and oxygen atoms in total. The molecule has 2 aromatic carbocycles. The largest absolute Gasteiger partial charge is 0.534 e. The Labute approximate surface area is 156 Å². The molecule has 1 heterocycles. The van der Waals surface area contributed by atoms with Gasteiger partial charge in [0.15, 0.2) is 5.75 Å². The van der Waals surface area contributed by atoms with Crippen molar-refractivity contribution in [1.82, 2.24) is 4.98 Å². The van der Waals surface area contributed by atoms with Crippen molar-refractivity contribution in [3.8, 4) is 16.3 Å². The maximum atomic E-state index is 13.0. The third-order valence-electron chi connectivity index (χ3n) is 3.03. The Morgan fingerprint density at radius 3 is 2.32 bits per heavy atom. The minimum Gasteiger partial charge on any atom is -0.373 e. The molecule has 25 heavy (non-hydrogen) atoms. The van der Waals surface area contributed by atoms with Gasteiger partial charge in [-0.15, -0.1) is 11.3 Å². The smallest absolute Gasteiger partial charge is 0.373 e. The molecule has 0 saturated heterocycles. The lowest BCUT2D eigenvalue weighted by Gasteiger charge is -2.10. The van der Waals surface area contributed by atoms with Gasteiger partial charge in [0.25, 0.3) is 0 Å². The van der Waals surface area contributed by atoms with Crippen molar-refractivity contribution in [2.75, 3.05) is 0 Å². The van der Waals surface area contributed by atoms with Gasteiger partial charge in [0.1, 0.15) is 16.3 Å². The van der Waals surface area contributed by atoms with Crippen LogP contribution in [-0.2, 0) is 10.1 Å². The molecule has 3 rings (SSSR count). The van der Waals surface area contributed by atoms with Gasteiger partial charge in [-0.05, 0) is 59.0 Å². The third kappa shape index (κ3) is 3.58. The van der Waals surface area contributed by atoms with E-state index >= 15 is 0 Å². The van der Waals surface area contributed by atoms with Gasteiger partial charge >= 0.3 is 15.6 Å². The van der Waals surface area contributed by atoms with Gasteiger partial charge in [-0.3, -0.25) is 0 Å². The second kappa shape index (κ2) is 6.36. The Morgan fingerprint density at radius 2 is 1.72 bits per heavy atom. The van der Waals surface area contributed by atoms with Gasteiger partial charge < -0.3 is 4.18 Å². The number of nitrogens with zero attached hydrogens (tertiary/aromatic N) is 1. The van der Waals surface area contributed by atoms with Crippen LogP contribution in [0.5, 0.6) is 5.75 Å². The highest BCUT2D eigenvalue weighted by Gasteiger charge is 2.49. The van der Waals surface area contributed by atoms with E-state index in [1.54, 1.807) is 28.7 Å². The Balaban J connectivity index is 2.13. The molecule has 0 bridgehead atoms. The molecule has 0 unspecified atom stereocenters. The van der Waals surface area contributed by atoms with Gasteiger partial charge in [0, 0.05) is 5.56 Å². The number of halogens is 5. The lowest BCUT2D eigenvalue weighted by Crippen LogP contribution is -2.28. The Morgan fingerprint density at radius 1 is 1.08 bits per heavy atom. The number of hydrogen-bond donors (Lipinski definition) is 0. The van der Waals surface area contributed by atoms with Crippen molar-refractivity contribution in [2.24, 2.45) is 0 Å². The molecule has 0 saturated carbocycles. The zero-order valence-corrected chi connectivity index (χ0v) is 15.6. The summed E-state index contributed by atoms with van der Waals surface area (Å²) in [7, 11) is -5.82. The van der Waals surface area contributed by atoms with E-state index in [-0.39, 0.29) is 9.09 Å². The number of fused-ring (bicyclic) bond motifs is 1. The monoisotopic (exact) mass is 503 g/mol. The highest BCUT2D eigenvalue weighted by atomic mass is 127. The van der Waals surface area contributed by atoms with Gasteiger partial charge in [0.05, 0.1) is 8.27 Å². The zero-order chi connectivity index (χ0) is 18.4. The summed E-state index contributed by atoms with van der Waals surface area (Å²) in [5.74, 6) is -0.931. The summed E-state index contributed by atoms with van der Waals surface area (Å²) >= 11 is 2.78. The number of aromatic nitrogens is 1. The first kappa shape index (κ1) is 18.3. The summed E-state index contributed by atoms with van der Waals surface area (Å²) in [6.07, 6.45) is 0. The number of benzene rings is 2. The Kier molecular flexibility index (Phi) is 4.66. The average molecular weight is 503 g/mol. The number of alkyl halides is 3. The first-order valence-corrected chi connectivity index (χ1v) is 9.74. The fourth-order valence-corrected chi connectivity index (χ4v) is 4.05. The van der Waals surface area contributed by atoms with Crippen molar-refractivity contribution in [3.63, 3.8) is 0 Å². The van der Waals surface area contributed by atoms with Gasteiger partial charge in [-0.25, -0.2) is 9.37 Å². The van der Waals surface area contributed by atoms with E-state index < -0.39 is 27.2 Å². The fourth-order valence-electron chi connectivity index (χ4n) is 1.90. The van der Waals surface area contributed by atoms with Crippen LogP contribution in [0, 0.1) is 9.39 Å². The normalized spacial score (nSPS) is 12.5. The van der Waals surface area contributed by atoms with E-state index in [4.69, 9.17) is 0 Å². The highest BCUT2D eigenvalue weighted by molar-refractivity contribution is 14.1. The topological polar surface area (TPSA) is 56.3 Å². The minimum absolute atomic E-state index is 0.0101. The second-order valence-electron chi connectivity index (χ2n) is 4.73. The fraction of sp³-hybridized carbons (Fsp3) is 0.0714. The van der Waals surface area contributed by atoms with Crippen LogP contribution in [-0.4, -0.2) is 18.9 Å². The summed E-state index contributed by atoms with van der Waals surface area (Å²) in [6.45, 7) is 0. The Bertz CT molecular complexity index is 1050. The van der Waals surface area contributed by atoms with Crippen LogP contribution < -0.4 is 4.18 Å². The molecular weight excluding hydrogens is 497 g/mol. The van der Waals surface area contributed by atoms with Gasteiger partial charge in [0.2, 0.25) is 0 Å². The van der Waals surface area contributed by atoms with E-state index in [9.17, 15) is 26.0 Å². The van der Waals surface area contributed by atoms with Gasteiger partial charge in [-0.2, -0.15) is 21.6 Å². The molecule has 0 fully saturated rings. The molecule has 0 N–H and O–H groups in total. The number of rotatable bonds is 3. The van der Waals surface area contributed by atoms with Crippen LogP contribution in [0.1, 0.15) is 0 Å². The first-order chi connectivity index (χ1) is 11.6. The van der Waals surface area contributed by atoms with Gasteiger partial charge in [-0.1, -0.05) is 0 Å². The standard InChI is InChI=1S/C14H6F4INO3S2/c15-8-3-1-7(2-4-8)13-20-11-10(24-13)6-5-9(19)12(11)23-25(21,22)14(16,17)18/h1-6H. The highest BCUT2D eigenvalue weighted by Crippen LogP contribution is 2.39. The van der Waals surface area contributed by atoms with Crippen molar-refractivity contribution in [3.05, 3.63) is 45.8 Å². The molecule has 0 aliphatic rings. The van der Waals surface area contributed by atoms with Crippen molar-refractivity contribution < 1.29 is 30.2 Å². The molecule has 11 heteroatoms. The zero-order valence-electron chi connectivity index (χ0n) is 11.8. The van der Waals surface area contributed by atoms with E-state index in [1.165, 1.54) is 30.3 Å². The predicted molar refractivity (Wildman–Crippen MR) is 93.3 cm³/mol. The van der Waals surface area contributed by atoms with Crippen LogP contribution in [0.2, 0.25) is 0 Å². The van der Waals surface area contributed by atoms with E-state index in [2.05, 4.69) is 9.17 Å². The Hall–Kier alpha value is -1.47. The molecule has 0 radical (unpaired) electrons. The lowest BCUT2D eigenvalue weighted by atomic mass is 10.2. The lowest BCUT2D eigenvalue weighted by molar-refractivity contribution is -0.0499. The van der Waals surface area contributed by atoms with Crippen molar-refractivity contribution in [1.29, 1.82) is 0 Å². The quantitative estimate of drug-likeness (QED) is 0.220. The van der Waals surface area contributed by atoms with E-state index in [0.717, 1.165) is 11.3 Å². The van der Waals surface area contributed by atoms with Crippen LogP contribution in [0.4, 0.5) is 17.6 Å². The summed E-state index contributed by atoms with van der Waals surface area (Å²) in [4.78, 5) is 4.17. The van der Waals surface area contributed by atoms with Crippen LogP contribution in [0.15, 0.2) is 36.4 Å². The van der Waals surface area contributed by atoms with E-state index in [0.29, 0.717) is 15.3 Å². The summed E-state index contributed by atoms with van der Waals surface area (Å²) < 4.78 is 78.3. The van der Waals surface area contributed by atoms with Crippen molar-refractivity contribution >= 4 is 54.3 Å². The van der Waals surface area contributed by atoms with Crippen LogP contribution in [0.25, 0.3) is 20.8 Å². The molecule has 0 aliphatic heterocycles. The van der Waals surface area contributed by atoms with Crippen molar-refractivity contribution in [2.45, 2.75) is 5.51 Å². The number of thiazole rings is 1. The molecule has 1 aromatic heterocycles. The number of hydrogen-bond acceptors (Lipinski definition) is 5. The maximum Gasteiger partial charge on any atom is 0.534 e. The molecule has 3 aromatic rings. The minimum atomic E-state index is -5.82. The summed E-state index contributed by atoms with van der Waals surface area (Å²) in [5, 5.41) is 0.395. The maximum absolute atomic E-state index is 13.0. The first-order valence-electron chi connectivity index (χ1n) is 6.44. The molecule has 132 valence electrons. The average Bonchev–Trinajstić information content (AvgIpc) is 2.94. The molecule has 0 spiro atoms. The molecule has 0 atom stereocenters. The SMILES string of the molecule is O=S(=O)(Oc1c(I)ccc2sc(-c3ccc(F)cc3)nc12)C(F)(F)F. The summed E-state index contributed by atoms with van der Waals surface area (Å²) in [6, 6.07) is 8.38. The molecular formula is C14H6F4INO3S2. The van der Waals surface area contributed by atoms with E-state index in [1.807, 2.05) is 0 Å². The van der Waals surface area contributed by atoms with Crippen LogP contribution >= 0.6 is 33.9 Å². The third-order valence-corrected chi connectivity index (χ3v) is 5.91. The predicted octanol–water partition coefficient (Wildman–Crippen LogP) is 4.94. The summed E-state index contributed by atoms with van der Waals surface area (Å²) in [5.41, 5.74) is -5.01. The molecule has 0 amide bonds. The molecule has 0 aliphatic carbocycles. The second-order valence-corrected chi connectivity index (χ2v) is 8.46. The van der Waals surface area contributed by atoms with Crippen LogP contribution in [0.3, 0.4) is 0 Å².